The highest BCUT2D eigenvalue weighted by Crippen LogP contribution is 2.15. The highest BCUT2D eigenvalue weighted by atomic mass is 15.3. The molecule has 0 amide bonds. The first-order valence-electron chi connectivity index (χ1n) is 6.96. The molecule has 1 atom stereocenters. The third-order valence-electron chi connectivity index (χ3n) is 3.30. The third kappa shape index (κ3) is 3.67. The predicted octanol–water partition coefficient (Wildman–Crippen LogP) is 1.92. The fraction of sp³-hybridized carbons (Fsp3) is 0.571. The number of nitrogens with one attached hydrogen (secondary N) is 1. The summed E-state index contributed by atoms with van der Waals surface area (Å²) in [5.41, 5.74) is 2.52. The molecule has 2 aromatic rings. The van der Waals surface area contributed by atoms with Gasteiger partial charge in [0.05, 0.1) is 12.4 Å². The minimum atomic E-state index is 0.414. The molecular weight excluding hydrogens is 238 g/mol. The number of aryl methyl sites for hydroxylation is 3. The normalized spacial score (nSPS) is 12.8. The van der Waals surface area contributed by atoms with Gasteiger partial charge in [-0.15, -0.1) is 0 Å². The van der Waals surface area contributed by atoms with Crippen LogP contribution in [0.25, 0.3) is 0 Å². The first kappa shape index (κ1) is 13.8. The van der Waals surface area contributed by atoms with Crippen molar-refractivity contribution in [3.63, 3.8) is 0 Å². The molecule has 0 aliphatic rings. The lowest BCUT2D eigenvalue weighted by molar-refractivity contribution is 0.535. The van der Waals surface area contributed by atoms with E-state index in [-0.39, 0.29) is 0 Å². The summed E-state index contributed by atoms with van der Waals surface area (Å²) in [4.78, 5) is 0. The first-order valence-corrected chi connectivity index (χ1v) is 6.96. The highest BCUT2D eigenvalue weighted by molar-refractivity contribution is 5.10. The molecule has 0 bridgehead atoms. The van der Waals surface area contributed by atoms with Crippen molar-refractivity contribution < 1.29 is 0 Å². The van der Waals surface area contributed by atoms with Gasteiger partial charge in [-0.2, -0.15) is 10.2 Å². The number of hydrogen-bond donors (Lipinski definition) is 1. The van der Waals surface area contributed by atoms with Crippen LogP contribution in [-0.2, 0) is 20.0 Å². The lowest BCUT2D eigenvalue weighted by Crippen LogP contribution is -2.19. The van der Waals surface area contributed by atoms with Crippen LogP contribution in [0.4, 0.5) is 0 Å². The van der Waals surface area contributed by atoms with Crippen molar-refractivity contribution in [3.05, 3.63) is 35.9 Å². The summed E-state index contributed by atoms with van der Waals surface area (Å²) in [6.45, 7) is 6.21. The Kier molecular flexibility index (Phi) is 4.74. The first-order chi connectivity index (χ1) is 9.22. The summed E-state index contributed by atoms with van der Waals surface area (Å²) in [7, 11) is 1.94. The molecule has 5 nitrogen and oxygen atoms in total. The van der Waals surface area contributed by atoms with E-state index in [2.05, 4.69) is 41.8 Å². The Hall–Kier alpha value is -1.62. The van der Waals surface area contributed by atoms with Crippen LogP contribution in [0.2, 0.25) is 0 Å². The number of rotatable bonds is 7. The average Bonchev–Trinajstić information content (AvgIpc) is 3.02. The Morgan fingerprint density at radius 2 is 2.05 bits per heavy atom. The molecular formula is C14H23N5. The van der Waals surface area contributed by atoms with E-state index in [1.807, 2.05) is 28.8 Å². The van der Waals surface area contributed by atoms with Crippen LogP contribution < -0.4 is 5.32 Å². The van der Waals surface area contributed by atoms with E-state index in [0.717, 1.165) is 25.9 Å². The van der Waals surface area contributed by atoms with Gasteiger partial charge in [-0.1, -0.05) is 13.8 Å². The molecule has 2 heterocycles. The zero-order valence-electron chi connectivity index (χ0n) is 12.0. The molecule has 0 radical (unpaired) electrons. The predicted molar refractivity (Wildman–Crippen MR) is 75.8 cm³/mol. The van der Waals surface area contributed by atoms with Gasteiger partial charge in [0.2, 0.25) is 0 Å². The maximum absolute atomic E-state index is 4.44. The van der Waals surface area contributed by atoms with E-state index in [9.17, 15) is 0 Å². The zero-order chi connectivity index (χ0) is 13.7. The van der Waals surface area contributed by atoms with Gasteiger partial charge in [0.15, 0.2) is 0 Å². The van der Waals surface area contributed by atoms with E-state index in [4.69, 9.17) is 0 Å². The summed E-state index contributed by atoms with van der Waals surface area (Å²) < 4.78 is 3.85. The minimum Gasteiger partial charge on any atom is -0.310 e. The Bertz CT molecular complexity index is 499. The van der Waals surface area contributed by atoms with Gasteiger partial charge in [-0.3, -0.25) is 9.36 Å². The van der Waals surface area contributed by atoms with Crippen LogP contribution >= 0.6 is 0 Å². The molecule has 5 heteroatoms. The van der Waals surface area contributed by atoms with E-state index in [1.54, 1.807) is 0 Å². The van der Waals surface area contributed by atoms with Crippen LogP contribution in [0.3, 0.4) is 0 Å². The smallest absolute Gasteiger partial charge is 0.0537 e. The summed E-state index contributed by atoms with van der Waals surface area (Å²) >= 11 is 0. The van der Waals surface area contributed by atoms with Gasteiger partial charge in [-0.25, -0.2) is 0 Å². The van der Waals surface area contributed by atoms with Crippen LogP contribution in [-0.4, -0.2) is 26.1 Å². The number of aromatic nitrogens is 4. The van der Waals surface area contributed by atoms with Crippen molar-refractivity contribution in [3.8, 4) is 0 Å². The van der Waals surface area contributed by atoms with Crippen LogP contribution in [0, 0.1) is 0 Å². The van der Waals surface area contributed by atoms with Gasteiger partial charge in [0, 0.05) is 37.6 Å². The van der Waals surface area contributed by atoms with E-state index in [0.29, 0.717) is 6.04 Å². The molecule has 2 rings (SSSR count). The Balaban J connectivity index is 1.93. The highest BCUT2D eigenvalue weighted by Gasteiger charge is 2.10. The van der Waals surface area contributed by atoms with E-state index in [1.165, 1.54) is 11.1 Å². The summed E-state index contributed by atoms with van der Waals surface area (Å²) in [5, 5.41) is 12.1. The maximum Gasteiger partial charge on any atom is 0.0537 e. The average molecular weight is 261 g/mol. The van der Waals surface area contributed by atoms with Crippen molar-refractivity contribution in [1.29, 1.82) is 0 Å². The quantitative estimate of drug-likeness (QED) is 0.828. The molecule has 2 aromatic heterocycles. The van der Waals surface area contributed by atoms with Crippen molar-refractivity contribution >= 4 is 0 Å². The zero-order valence-corrected chi connectivity index (χ0v) is 12.0. The SMILES string of the molecule is CCNC(CC)c1cnn(CCc2cnn(C)c2)c1. The molecule has 0 aromatic carbocycles. The molecule has 0 aliphatic carbocycles. The minimum absolute atomic E-state index is 0.414. The Labute approximate surface area is 114 Å². The lowest BCUT2D eigenvalue weighted by atomic mass is 10.1. The Morgan fingerprint density at radius 1 is 1.21 bits per heavy atom. The van der Waals surface area contributed by atoms with Crippen molar-refractivity contribution in [2.45, 2.75) is 39.3 Å². The molecule has 0 aliphatic heterocycles. The molecule has 0 saturated carbocycles. The van der Waals surface area contributed by atoms with Gasteiger partial charge in [-0.05, 0) is 24.9 Å². The van der Waals surface area contributed by atoms with E-state index < -0.39 is 0 Å². The molecule has 19 heavy (non-hydrogen) atoms. The molecule has 1 N–H and O–H groups in total. The molecule has 1 unspecified atom stereocenters. The van der Waals surface area contributed by atoms with Crippen LogP contribution in [0.1, 0.15) is 37.4 Å². The fourth-order valence-corrected chi connectivity index (χ4v) is 2.27. The summed E-state index contributed by atoms with van der Waals surface area (Å²) in [6, 6.07) is 0.414. The molecule has 0 fully saturated rings. The van der Waals surface area contributed by atoms with Crippen LogP contribution in [0.5, 0.6) is 0 Å². The topological polar surface area (TPSA) is 47.7 Å². The van der Waals surface area contributed by atoms with Crippen molar-refractivity contribution in [2.24, 2.45) is 7.05 Å². The molecule has 104 valence electrons. The number of nitrogens with zero attached hydrogens (tertiary/aromatic N) is 4. The standard InChI is InChI=1S/C14H23N5/c1-4-14(15-5-2)13-9-17-19(11-13)7-6-12-8-16-18(3)10-12/h8-11,14-15H,4-7H2,1-3H3. The Morgan fingerprint density at radius 3 is 2.68 bits per heavy atom. The third-order valence-corrected chi connectivity index (χ3v) is 3.30. The fourth-order valence-electron chi connectivity index (χ4n) is 2.27. The van der Waals surface area contributed by atoms with Gasteiger partial charge in [0.25, 0.3) is 0 Å². The van der Waals surface area contributed by atoms with Gasteiger partial charge < -0.3 is 5.32 Å². The van der Waals surface area contributed by atoms with Crippen molar-refractivity contribution in [2.75, 3.05) is 6.54 Å². The van der Waals surface area contributed by atoms with Gasteiger partial charge in [0.1, 0.15) is 0 Å². The number of hydrogen-bond acceptors (Lipinski definition) is 3. The lowest BCUT2D eigenvalue weighted by Gasteiger charge is -2.13. The summed E-state index contributed by atoms with van der Waals surface area (Å²) in [6.07, 6.45) is 10.1. The molecule has 0 spiro atoms. The van der Waals surface area contributed by atoms with Gasteiger partial charge >= 0.3 is 0 Å². The van der Waals surface area contributed by atoms with Crippen LogP contribution in [0.15, 0.2) is 24.8 Å². The van der Waals surface area contributed by atoms with Crippen molar-refractivity contribution in [1.82, 2.24) is 24.9 Å². The van der Waals surface area contributed by atoms with E-state index >= 15 is 0 Å². The largest absolute Gasteiger partial charge is 0.310 e. The summed E-state index contributed by atoms with van der Waals surface area (Å²) in [5.74, 6) is 0. The second kappa shape index (κ2) is 6.52. The second-order valence-electron chi connectivity index (χ2n) is 4.83. The molecule has 0 saturated heterocycles. The maximum atomic E-state index is 4.44. The monoisotopic (exact) mass is 261 g/mol. The second-order valence-corrected chi connectivity index (χ2v) is 4.83.